The van der Waals surface area contributed by atoms with Gasteiger partial charge in [-0.25, -0.2) is 8.78 Å². The molecule has 3 atom stereocenters. The summed E-state index contributed by atoms with van der Waals surface area (Å²) in [6, 6.07) is 11.9. The molecular weight excluding hydrogens is 578 g/mol. The number of nitrogens with one attached hydrogen (secondary N) is 3. The average molecular weight is 629 g/mol. The van der Waals surface area contributed by atoms with Gasteiger partial charge in [0.25, 0.3) is 0 Å². The lowest BCUT2D eigenvalue weighted by molar-refractivity contribution is -0.138. The average Bonchev–Trinajstić information content (AvgIpc) is 3.01. The van der Waals surface area contributed by atoms with Gasteiger partial charge in [0.2, 0.25) is 17.7 Å². The maximum absolute atomic E-state index is 13.7. The van der Waals surface area contributed by atoms with Crippen molar-refractivity contribution in [2.45, 2.75) is 89.4 Å². The third-order valence-electron chi connectivity index (χ3n) is 8.07. The van der Waals surface area contributed by atoms with Crippen LogP contribution in [0.4, 0.5) is 8.78 Å². The number of hydrogen-bond donors (Lipinski definition) is 5. The topological polar surface area (TPSA) is 143 Å². The molecule has 3 rings (SSSR count). The van der Waals surface area contributed by atoms with Crippen LogP contribution in [0.2, 0.25) is 0 Å². The monoisotopic (exact) mass is 628 g/mol. The molecule has 7 N–H and O–H groups in total. The maximum atomic E-state index is 13.7. The Bertz CT molecular complexity index is 1220. The molecule has 0 unspecified atom stereocenters. The van der Waals surface area contributed by atoms with E-state index in [0.29, 0.717) is 70.3 Å². The molecule has 1 saturated heterocycles. The van der Waals surface area contributed by atoms with Gasteiger partial charge in [-0.1, -0.05) is 50.2 Å². The number of piperidine rings is 1. The summed E-state index contributed by atoms with van der Waals surface area (Å²) in [7, 11) is 0. The van der Waals surface area contributed by atoms with E-state index in [1.807, 2.05) is 30.3 Å². The Labute approximate surface area is 265 Å². The van der Waals surface area contributed by atoms with Crippen molar-refractivity contribution in [1.82, 2.24) is 20.9 Å². The molecule has 0 aliphatic carbocycles. The third-order valence-corrected chi connectivity index (χ3v) is 8.07. The van der Waals surface area contributed by atoms with Crippen molar-refractivity contribution in [1.29, 1.82) is 0 Å². The van der Waals surface area contributed by atoms with Crippen LogP contribution in [0.5, 0.6) is 0 Å². The van der Waals surface area contributed by atoms with Gasteiger partial charge in [-0.3, -0.25) is 14.4 Å². The Kier molecular flexibility index (Phi) is 14.9. The van der Waals surface area contributed by atoms with Crippen molar-refractivity contribution in [2.75, 3.05) is 26.2 Å². The van der Waals surface area contributed by atoms with Gasteiger partial charge in [0.1, 0.15) is 6.04 Å². The lowest BCUT2D eigenvalue weighted by Crippen LogP contribution is -2.56. The fraction of sp³-hybridized carbons (Fsp3) is 0.559. The van der Waals surface area contributed by atoms with Crippen LogP contribution in [0.3, 0.4) is 0 Å². The van der Waals surface area contributed by atoms with E-state index in [9.17, 15) is 23.2 Å². The Morgan fingerprint density at radius 1 is 0.956 bits per heavy atom. The Balaban J connectivity index is 1.54. The van der Waals surface area contributed by atoms with Crippen molar-refractivity contribution in [3.05, 3.63) is 71.3 Å². The summed E-state index contributed by atoms with van der Waals surface area (Å²) >= 11 is 0. The van der Waals surface area contributed by atoms with Gasteiger partial charge in [-0.2, -0.15) is 0 Å². The minimum atomic E-state index is -0.988. The van der Waals surface area contributed by atoms with E-state index in [-0.39, 0.29) is 42.1 Å². The van der Waals surface area contributed by atoms with Gasteiger partial charge in [0.15, 0.2) is 11.6 Å². The summed E-state index contributed by atoms with van der Waals surface area (Å²) in [4.78, 5) is 41.5. The highest BCUT2D eigenvalue weighted by Crippen LogP contribution is 2.16. The van der Waals surface area contributed by atoms with Crippen LogP contribution >= 0.6 is 0 Å². The van der Waals surface area contributed by atoms with Crippen LogP contribution in [-0.2, 0) is 27.2 Å². The molecule has 0 radical (unpaired) electrons. The summed E-state index contributed by atoms with van der Waals surface area (Å²) < 4.78 is 26.7. The summed E-state index contributed by atoms with van der Waals surface area (Å²) in [6.07, 6.45) is 4.25. The van der Waals surface area contributed by atoms with Crippen molar-refractivity contribution in [2.24, 2.45) is 17.4 Å². The van der Waals surface area contributed by atoms with Gasteiger partial charge in [-0.05, 0) is 80.7 Å². The molecule has 45 heavy (non-hydrogen) atoms. The van der Waals surface area contributed by atoms with Crippen molar-refractivity contribution >= 4 is 17.7 Å². The van der Waals surface area contributed by atoms with Crippen molar-refractivity contribution in [3.63, 3.8) is 0 Å². The number of carbonyl (C=O) groups is 3. The predicted molar refractivity (Wildman–Crippen MR) is 172 cm³/mol. The van der Waals surface area contributed by atoms with E-state index in [1.165, 1.54) is 6.07 Å². The minimum Gasteiger partial charge on any atom is -0.353 e. The maximum Gasteiger partial charge on any atom is 0.245 e. The summed E-state index contributed by atoms with van der Waals surface area (Å²) in [5.41, 5.74) is 13.6. The van der Waals surface area contributed by atoms with Gasteiger partial charge < -0.3 is 32.3 Å². The van der Waals surface area contributed by atoms with Gasteiger partial charge in [-0.15, -0.1) is 0 Å². The molecule has 248 valence electrons. The van der Waals surface area contributed by atoms with E-state index in [2.05, 4.69) is 29.8 Å². The number of benzene rings is 2. The number of amides is 3. The number of unbranched alkanes of at least 4 members (excludes halogenated alkanes) is 1. The second-order valence-corrected chi connectivity index (χ2v) is 12.5. The first-order valence-electron chi connectivity index (χ1n) is 16.1. The van der Waals surface area contributed by atoms with E-state index in [1.54, 1.807) is 4.90 Å². The number of nitrogens with two attached hydrogens (primary N) is 2. The minimum absolute atomic E-state index is 0.0612. The smallest absolute Gasteiger partial charge is 0.245 e. The highest BCUT2D eigenvalue weighted by molar-refractivity contribution is 5.90. The largest absolute Gasteiger partial charge is 0.353 e. The zero-order valence-corrected chi connectivity index (χ0v) is 26.6. The number of halogens is 2. The van der Waals surface area contributed by atoms with Crippen LogP contribution in [0.15, 0.2) is 48.5 Å². The normalized spacial score (nSPS) is 15.8. The molecule has 1 aliphatic rings. The molecule has 1 aliphatic heterocycles. The highest BCUT2D eigenvalue weighted by atomic mass is 19.2. The molecule has 0 bridgehead atoms. The molecule has 1 heterocycles. The lowest BCUT2D eigenvalue weighted by atomic mass is 9.99. The van der Waals surface area contributed by atoms with Crippen LogP contribution in [-0.4, -0.2) is 73.0 Å². The molecule has 11 heteroatoms. The standard InChI is InChI=1S/C34H50F2N6O3/c1-23(2)18-31(39-22-26(38)19-24-8-4-3-5-9-24)33(44)41-30(10-6-7-15-37)34(45)42-16-13-27(14-17-42)40-32(43)21-25-11-12-28(35)29(36)20-25/h3-5,8-9,11-12,20,23,26-27,30-31,39H,6-7,10,13-19,21-22,37-38H2,1-2H3,(H,40,43)(H,41,44)/t26-,30-,31-/m1/s1. The SMILES string of the molecule is CC(C)C[C@@H](NC[C@H](N)Cc1ccccc1)C(=O)N[C@H](CCCCN)C(=O)N1CCC(NC(=O)Cc2ccc(F)c(F)c2)CC1. The number of hydrogen-bond acceptors (Lipinski definition) is 6. The fourth-order valence-corrected chi connectivity index (χ4v) is 5.64. The lowest BCUT2D eigenvalue weighted by Gasteiger charge is -2.35. The molecular formula is C34H50F2N6O3. The van der Waals surface area contributed by atoms with Crippen LogP contribution in [0.25, 0.3) is 0 Å². The zero-order valence-electron chi connectivity index (χ0n) is 26.6. The summed E-state index contributed by atoms with van der Waals surface area (Å²) in [6.45, 7) is 5.93. The molecule has 2 aromatic carbocycles. The Morgan fingerprint density at radius 2 is 1.67 bits per heavy atom. The Hall–Kier alpha value is -3.41. The fourth-order valence-electron chi connectivity index (χ4n) is 5.64. The van der Waals surface area contributed by atoms with E-state index >= 15 is 0 Å². The van der Waals surface area contributed by atoms with E-state index in [4.69, 9.17) is 11.5 Å². The number of nitrogens with zero attached hydrogens (tertiary/aromatic N) is 1. The Morgan fingerprint density at radius 3 is 2.31 bits per heavy atom. The number of carbonyl (C=O) groups excluding carboxylic acids is 3. The summed E-state index contributed by atoms with van der Waals surface area (Å²) in [5, 5.41) is 9.32. The molecule has 2 aromatic rings. The second-order valence-electron chi connectivity index (χ2n) is 12.5. The first-order valence-corrected chi connectivity index (χ1v) is 16.1. The van der Waals surface area contributed by atoms with E-state index < -0.39 is 23.7 Å². The van der Waals surface area contributed by atoms with Crippen LogP contribution in [0.1, 0.15) is 63.5 Å². The third kappa shape index (κ3) is 12.5. The van der Waals surface area contributed by atoms with Gasteiger partial charge >= 0.3 is 0 Å². The number of rotatable bonds is 17. The van der Waals surface area contributed by atoms with Crippen molar-refractivity contribution < 1.29 is 23.2 Å². The first-order chi connectivity index (χ1) is 21.5. The molecule has 3 amide bonds. The second kappa shape index (κ2) is 18.5. The van der Waals surface area contributed by atoms with Gasteiger partial charge in [0.05, 0.1) is 12.5 Å². The number of likely N-dealkylation sites (tertiary alicyclic amines) is 1. The molecule has 9 nitrogen and oxygen atoms in total. The quantitative estimate of drug-likeness (QED) is 0.171. The first kappa shape index (κ1) is 36.1. The molecule has 1 fully saturated rings. The molecule has 0 aromatic heterocycles. The van der Waals surface area contributed by atoms with Crippen LogP contribution < -0.4 is 27.4 Å². The molecule has 0 spiro atoms. The molecule has 0 saturated carbocycles. The predicted octanol–water partition coefficient (Wildman–Crippen LogP) is 2.80. The van der Waals surface area contributed by atoms with Crippen molar-refractivity contribution in [3.8, 4) is 0 Å². The van der Waals surface area contributed by atoms with Crippen LogP contribution in [0, 0.1) is 17.6 Å². The highest BCUT2D eigenvalue weighted by Gasteiger charge is 2.31. The van der Waals surface area contributed by atoms with E-state index in [0.717, 1.165) is 24.1 Å². The summed E-state index contributed by atoms with van der Waals surface area (Å²) in [5.74, 6) is -2.34. The zero-order chi connectivity index (χ0) is 32.8. The van der Waals surface area contributed by atoms with Gasteiger partial charge in [0, 0.05) is 31.7 Å².